The van der Waals surface area contributed by atoms with Crippen molar-refractivity contribution in [3.8, 4) is 0 Å². The van der Waals surface area contributed by atoms with Crippen molar-refractivity contribution in [3.05, 3.63) is 38.9 Å². The molecule has 0 aliphatic carbocycles. The maximum absolute atomic E-state index is 12.3. The number of hydrogen-bond donors (Lipinski definition) is 0. The molecule has 0 saturated carbocycles. The van der Waals surface area contributed by atoms with E-state index in [1.807, 2.05) is 0 Å². The van der Waals surface area contributed by atoms with E-state index in [1.165, 1.54) is 49.7 Å². The molecule has 0 spiro atoms. The second kappa shape index (κ2) is 5.00. The molecule has 0 heterocycles. The molecule has 0 aromatic heterocycles. The first-order valence-electron chi connectivity index (χ1n) is 7.03. The van der Waals surface area contributed by atoms with Crippen LogP contribution in [0.5, 0.6) is 0 Å². The van der Waals surface area contributed by atoms with Gasteiger partial charge in [0.15, 0.2) is 0 Å². The summed E-state index contributed by atoms with van der Waals surface area (Å²) in [6.07, 6.45) is 1.79. The minimum atomic E-state index is -0.967. The van der Waals surface area contributed by atoms with Crippen molar-refractivity contribution in [2.24, 2.45) is 0 Å². The molecule has 1 nitrogen and oxygen atoms in total. The summed E-state index contributed by atoms with van der Waals surface area (Å²) in [7, 11) is -0.967. The molecule has 0 fully saturated rings. The predicted octanol–water partition coefficient (Wildman–Crippen LogP) is 4.74. The summed E-state index contributed by atoms with van der Waals surface area (Å²) >= 11 is 0. The van der Waals surface area contributed by atoms with Gasteiger partial charge in [0, 0.05) is 16.5 Å². The molecule has 1 unspecified atom stereocenters. The first-order chi connectivity index (χ1) is 9.20. The highest BCUT2D eigenvalue weighted by molar-refractivity contribution is 7.84. The van der Waals surface area contributed by atoms with Crippen LogP contribution in [0.4, 0.5) is 0 Å². The van der Waals surface area contributed by atoms with Gasteiger partial charge in [0.1, 0.15) is 0 Å². The van der Waals surface area contributed by atoms with Crippen LogP contribution >= 0.6 is 0 Å². The van der Waals surface area contributed by atoms with Gasteiger partial charge in [-0.15, -0.1) is 0 Å². The van der Waals surface area contributed by atoms with Crippen LogP contribution in [0.15, 0.2) is 4.90 Å². The van der Waals surface area contributed by atoms with Gasteiger partial charge in [-0.3, -0.25) is 4.21 Å². The van der Waals surface area contributed by atoms with E-state index < -0.39 is 10.8 Å². The van der Waals surface area contributed by atoms with Crippen LogP contribution in [-0.4, -0.2) is 10.5 Å². The predicted molar refractivity (Wildman–Crippen MR) is 89.4 cm³/mol. The molecule has 0 saturated heterocycles. The molecule has 0 bridgehead atoms. The summed E-state index contributed by atoms with van der Waals surface area (Å²) in [5, 5.41) is 2.52. The van der Waals surface area contributed by atoms with Crippen LogP contribution < -0.4 is 0 Å². The fourth-order valence-corrected chi connectivity index (χ4v) is 4.38. The molecule has 2 aromatic carbocycles. The lowest BCUT2D eigenvalue weighted by molar-refractivity contribution is 0.687. The molecule has 0 N–H and O–H groups in total. The third-order valence-electron chi connectivity index (χ3n) is 5.04. The van der Waals surface area contributed by atoms with Crippen molar-refractivity contribution in [2.45, 2.75) is 53.4 Å². The Morgan fingerprint density at radius 3 is 1.30 bits per heavy atom. The third-order valence-corrected chi connectivity index (χ3v) is 6.13. The van der Waals surface area contributed by atoms with Gasteiger partial charge in [-0.25, -0.2) is 0 Å². The highest BCUT2D eigenvalue weighted by Gasteiger charge is 2.20. The molecular weight excluding hydrogens is 264 g/mol. The van der Waals surface area contributed by atoms with Crippen molar-refractivity contribution >= 4 is 21.6 Å². The number of rotatable bonds is 1. The first-order valence-corrected chi connectivity index (χ1v) is 8.59. The van der Waals surface area contributed by atoms with Crippen molar-refractivity contribution < 1.29 is 4.21 Å². The van der Waals surface area contributed by atoms with Gasteiger partial charge >= 0.3 is 0 Å². The first kappa shape index (κ1) is 15.2. The molecule has 2 aromatic rings. The quantitative estimate of drug-likeness (QED) is 0.741. The monoisotopic (exact) mass is 288 g/mol. The van der Waals surface area contributed by atoms with Crippen LogP contribution in [0.25, 0.3) is 10.8 Å². The van der Waals surface area contributed by atoms with Crippen LogP contribution in [0, 0.1) is 48.5 Å². The second-order valence-electron chi connectivity index (χ2n) is 5.91. The van der Waals surface area contributed by atoms with Crippen molar-refractivity contribution in [3.63, 3.8) is 0 Å². The summed E-state index contributed by atoms with van der Waals surface area (Å²) in [6, 6.07) is 0. The standard InChI is InChI=1S/C18H24OS/c1-9-10(2)14(6)17-16(12(9)4)13(5)11(3)15(7)18(17)20(8)19/h1-8H3. The van der Waals surface area contributed by atoms with E-state index >= 15 is 0 Å². The minimum Gasteiger partial charge on any atom is -0.255 e. The molecule has 20 heavy (non-hydrogen) atoms. The van der Waals surface area contributed by atoms with E-state index in [-0.39, 0.29) is 0 Å². The zero-order valence-corrected chi connectivity index (χ0v) is 14.6. The van der Waals surface area contributed by atoms with Gasteiger partial charge in [-0.05, 0) is 92.8 Å². The maximum atomic E-state index is 12.3. The topological polar surface area (TPSA) is 17.1 Å². The Kier molecular flexibility index (Phi) is 3.81. The smallest absolute Gasteiger partial charge is 0.0507 e. The normalized spacial score (nSPS) is 13.0. The minimum absolute atomic E-state index is 0.967. The van der Waals surface area contributed by atoms with E-state index in [9.17, 15) is 4.21 Å². The highest BCUT2D eigenvalue weighted by Crippen LogP contribution is 2.38. The van der Waals surface area contributed by atoms with Gasteiger partial charge in [0.25, 0.3) is 0 Å². The summed E-state index contributed by atoms with van der Waals surface area (Å²) in [5.74, 6) is 0. The second-order valence-corrected chi connectivity index (χ2v) is 7.22. The zero-order chi connectivity index (χ0) is 15.4. The molecule has 2 heteroatoms. The molecular formula is C18H24OS. The number of fused-ring (bicyclic) bond motifs is 1. The molecule has 1 atom stereocenters. The van der Waals surface area contributed by atoms with Crippen molar-refractivity contribution in [2.75, 3.05) is 6.26 Å². The Morgan fingerprint density at radius 2 is 0.900 bits per heavy atom. The van der Waals surface area contributed by atoms with E-state index in [0.717, 1.165) is 4.90 Å². The summed E-state index contributed by atoms with van der Waals surface area (Å²) in [6.45, 7) is 15.1. The van der Waals surface area contributed by atoms with Gasteiger partial charge in [-0.2, -0.15) is 0 Å². The lowest BCUT2D eigenvalue weighted by atomic mass is 9.86. The molecule has 108 valence electrons. The van der Waals surface area contributed by atoms with Gasteiger partial charge in [0.2, 0.25) is 0 Å². The van der Waals surface area contributed by atoms with E-state index in [2.05, 4.69) is 48.5 Å². The Balaban J connectivity index is 3.27. The van der Waals surface area contributed by atoms with Crippen molar-refractivity contribution in [1.82, 2.24) is 0 Å². The summed E-state index contributed by atoms with van der Waals surface area (Å²) < 4.78 is 12.3. The van der Waals surface area contributed by atoms with Crippen molar-refractivity contribution in [1.29, 1.82) is 0 Å². The molecule has 0 radical (unpaired) electrons. The van der Waals surface area contributed by atoms with Gasteiger partial charge < -0.3 is 0 Å². The van der Waals surface area contributed by atoms with E-state index in [0.29, 0.717) is 0 Å². The Morgan fingerprint density at radius 1 is 0.550 bits per heavy atom. The summed E-state index contributed by atoms with van der Waals surface area (Å²) in [5.41, 5.74) is 9.07. The lowest BCUT2D eigenvalue weighted by Crippen LogP contribution is -2.04. The Labute approximate surface area is 124 Å². The zero-order valence-electron chi connectivity index (χ0n) is 13.8. The fourth-order valence-electron chi connectivity index (χ4n) is 3.25. The number of hydrogen-bond acceptors (Lipinski definition) is 1. The van der Waals surface area contributed by atoms with E-state index in [4.69, 9.17) is 0 Å². The maximum Gasteiger partial charge on any atom is 0.0507 e. The Hall–Kier alpha value is -1.15. The number of benzene rings is 2. The summed E-state index contributed by atoms with van der Waals surface area (Å²) in [4.78, 5) is 1.02. The number of aryl methyl sites for hydroxylation is 3. The lowest BCUT2D eigenvalue weighted by Gasteiger charge is -2.22. The highest BCUT2D eigenvalue weighted by atomic mass is 32.2. The van der Waals surface area contributed by atoms with Gasteiger partial charge in [0.05, 0.1) is 10.8 Å². The van der Waals surface area contributed by atoms with Crippen LogP contribution in [-0.2, 0) is 10.8 Å². The molecule has 2 rings (SSSR count). The van der Waals surface area contributed by atoms with Crippen LogP contribution in [0.3, 0.4) is 0 Å². The largest absolute Gasteiger partial charge is 0.255 e. The fraction of sp³-hybridized carbons (Fsp3) is 0.444. The van der Waals surface area contributed by atoms with Gasteiger partial charge in [-0.1, -0.05) is 0 Å². The third kappa shape index (κ3) is 1.93. The SMILES string of the molecule is Cc1c(C)c(C)c2c(S(C)=O)c(C)c(C)c(C)c2c1C. The molecule has 0 amide bonds. The molecule has 0 aliphatic rings. The average molecular weight is 288 g/mol. The molecule has 0 aliphatic heterocycles. The van der Waals surface area contributed by atoms with Crippen LogP contribution in [0.2, 0.25) is 0 Å². The average Bonchev–Trinajstić information content (AvgIpc) is 2.39. The Bertz CT molecular complexity index is 746. The van der Waals surface area contributed by atoms with Crippen LogP contribution in [0.1, 0.15) is 38.9 Å². The van der Waals surface area contributed by atoms with E-state index in [1.54, 1.807) is 6.26 Å².